The van der Waals surface area contributed by atoms with Crippen molar-refractivity contribution >= 4 is 5.91 Å². The second-order valence-electron chi connectivity index (χ2n) is 3.49. The van der Waals surface area contributed by atoms with Crippen molar-refractivity contribution in [3.63, 3.8) is 0 Å². The number of rotatable bonds is 2. The van der Waals surface area contributed by atoms with Crippen molar-refractivity contribution in [2.24, 2.45) is 0 Å². The third-order valence-corrected chi connectivity index (χ3v) is 1.85. The highest BCUT2D eigenvalue weighted by Crippen LogP contribution is 2.10. The molecule has 1 aromatic carbocycles. The van der Waals surface area contributed by atoms with E-state index in [9.17, 15) is 9.18 Å². The number of benzene rings is 1. The molecule has 0 spiro atoms. The molecule has 0 aliphatic carbocycles. The van der Waals surface area contributed by atoms with Crippen LogP contribution in [0.1, 0.15) is 15.9 Å². The smallest absolute Gasteiger partial charge is 0.268 e. The molecule has 0 atom stereocenters. The van der Waals surface area contributed by atoms with Crippen LogP contribution >= 0.6 is 0 Å². The van der Waals surface area contributed by atoms with E-state index < -0.39 is 11.7 Å². The maximum atomic E-state index is 13.4. The molecule has 0 saturated carbocycles. The molecule has 0 unspecified atom stereocenters. The van der Waals surface area contributed by atoms with Crippen LogP contribution in [0.3, 0.4) is 0 Å². The third kappa shape index (κ3) is 3.87. The first-order chi connectivity index (χ1) is 8.04. The Balaban J connectivity index is 3.02. The normalized spacial score (nSPS) is 9.71. The lowest BCUT2D eigenvalue weighted by Crippen LogP contribution is -2.36. The minimum Gasteiger partial charge on any atom is -0.384 e. The Morgan fingerprint density at radius 2 is 2.24 bits per heavy atom. The van der Waals surface area contributed by atoms with Gasteiger partial charge < -0.3 is 5.11 Å². The highest BCUT2D eigenvalue weighted by atomic mass is 19.1. The molecule has 1 aromatic rings. The van der Waals surface area contributed by atoms with E-state index in [-0.39, 0.29) is 12.2 Å². The van der Waals surface area contributed by atoms with Crippen molar-refractivity contribution in [2.45, 2.75) is 0 Å². The van der Waals surface area contributed by atoms with E-state index in [0.29, 0.717) is 5.56 Å². The molecule has 5 heteroatoms. The van der Waals surface area contributed by atoms with Gasteiger partial charge in [0.05, 0.1) is 5.56 Å². The second kappa shape index (κ2) is 5.99. The lowest BCUT2D eigenvalue weighted by molar-refractivity contribution is 0.0852. The molecule has 0 fully saturated rings. The maximum Gasteiger partial charge on any atom is 0.268 e. The predicted octanol–water partition coefficient (Wildman–Crippen LogP) is 0.376. The molecule has 0 saturated heterocycles. The van der Waals surface area contributed by atoms with Gasteiger partial charge in [0.25, 0.3) is 5.91 Å². The summed E-state index contributed by atoms with van der Waals surface area (Å²) in [5.74, 6) is 3.89. The second-order valence-corrected chi connectivity index (χ2v) is 3.49. The standard InChI is InChI=1S/C12H13FN2O2/c1-15(2)14-12(17)10-8-9(4-3-7-16)5-6-11(10)13/h5-6,8,16H,7H2,1-2H3,(H,14,17). The van der Waals surface area contributed by atoms with Gasteiger partial charge in [0.15, 0.2) is 0 Å². The van der Waals surface area contributed by atoms with Crippen LogP contribution in [0, 0.1) is 17.7 Å². The van der Waals surface area contributed by atoms with E-state index in [0.717, 1.165) is 0 Å². The van der Waals surface area contributed by atoms with Gasteiger partial charge in [0.1, 0.15) is 12.4 Å². The van der Waals surface area contributed by atoms with Crippen LogP contribution in [0.5, 0.6) is 0 Å². The highest BCUT2D eigenvalue weighted by molar-refractivity contribution is 5.94. The summed E-state index contributed by atoms with van der Waals surface area (Å²) >= 11 is 0. The Bertz CT molecular complexity index is 475. The van der Waals surface area contributed by atoms with E-state index in [4.69, 9.17) is 5.11 Å². The van der Waals surface area contributed by atoms with Gasteiger partial charge >= 0.3 is 0 Å². The molecule has 1 amide bonds. The maximum absolute atomic E-state index is 13.4. The Hall–Kier alpha value is -1.90. The zero-order chi connectivity index (χ0) is 12.8. The van der Waals surface area contributed by atoms with E-state index in [1.807, 2.05) is 0 Å². The van der Waals surface area contributed by atoms with Crippen LogP contribution in [0.25, 0.3) is 0 Å². The van der Waals surface area contributed by atoms with Crippen LogP contribution in [0.2, 0.25) is 0 Å². The molecule has 0 radical (unpaired) electrons. The van der Waals surface area contributed by atoms with Crippen LogP contribution in [-0.2, 0) is 0 Å². The number of aliphatic hydroxyl groups is 1. The molecular weight excluding hydrogens is 223 g/mol. The number of carbonyl (C=O) groups is 1. The fourth-order valence-electron chi connectivity index (χ4n) is 1.18. The first-order valence-corrected chi connectivity index (χ1v) is 4.92. The summed E-state index contributed by atoms with van der Waals surface area (Å²) in [4.78, 5) is 11.6. The van der Waals surface area contributed by atoms with Crippen molar-refractivity contribution in [1.29, 1.82) is 0 Å². The number of amides is 1. The van der Waals surface area contributed by atoms with E-state index in [1.165, 1.54) is 23.2 Å². The first kappa shape index (κ1) is 13.2. The summed E-state index contributed by atoms with van der Waals surface area (Å²) in [7, 11) is 3.26. The van der Waals surface area contributed by atoms with Gasteiger partial charge in [-0.05, 0) is 18.2 Å². The molecule has 17 heavy (non-hydrogen) atoms. The molecule has 1 rings (SSSR count). The van der Waals surface area contributed by atoms with Crippen molar-refractivity contribution < 1.29 is 14.3 Å². The summed E-state index contributed by atoms with van der Waals surface area (Å²) in [6, 6.07) is 3.97. The molecule has 4 nitrogen and oxygen atoms in total. The Morgan fingerprint density at radius 1 is 1.53 bits per heavy atom. The van der Waals surface area contributed by atoms with Crippen LogP contribution in [0.4, 0.5) is 4.39 Å². The lowest BCUT2D eigenvalue weighted by atomic mass is 10.1. The lowest BCUT2D eigenvalue weighted by Gasteiger charge is -2.12. The monoisotopic (exact) mass is 236 g/mol. The van der Waals surface area contributed by atoms with Gasteiger partial charge in [-0.25, -0.2) is 9.40 Å². The SMILES string of the molecule is CN(C)NC(=O)c1cc(C#CCO)ccc1F. The van der Waals surface area contributed by atoms with Crippen LogP contribution < -0.4 is 5.43 Å². The number of halogens is 1. The first-order valence-electron chi connectivity index (χ1n) is 4.92. The molecule has 90 valence electrons. The van der Waals surface area contributed by atoms with Crippen LogP contribution in [-0.4, -0.2) is 36.7 Å². The van der Waals surface area contributed by atoms with Gasteiger partial charge in [0.2, 0.25) is 0 Å². The van der Waals surface area contributed by atoms with Crippen molar-refractivity contribution in [3.8, 4) is 11.8 Å². The molecule has 0 aromatic heterocycles. The fraction of sp³-hybridized carbons (Fsp3) is 0.250. The highest BCUT2D eigenvalue weighted by Gasteiger charge is 2.12. The molecule has 0 bridgehead atoms. The number of carbonyl (C=O) groups excluding carboxylic acids is 1. The quantitative estimate of drug-likeness (QED) is 0.576. The van der Waals surface area contributed by atoms with Gasteiger partial charge in [0, 0.05) is 19.7 Å². The van der Waals surface area contributed by atoms with Crippen molar-refractivity contribution in [2.75, 3.05) is 20.7 Å². The minimum absolute atomic E-state index is 0.0801. The average molecular weight is 236 g/mol. The molecule has 2 N–H and O–H groups in total. The Morgan fingerprint density at radius 3 is 2.82 bits per heavy atom. The zero-order valence-electron chi connectivity index (χ0n) is 9.62. The summed E-state index contributed by atoms with van der Waals surface area (Å²) < 4.78 is 13.4. The van der Waals surface area contributed by atoms with Gasteiger partial charge in [-0.15, -0.1) is 0 Å². The van der Waals surface area contributed by atoms with Crippen molar-refractivity contribution in [1.82, 2.24) is 10.4 Å². The van der Waals surface area contributed by atoms with Gasteiger partial charge in [-0.1, -0.05) is 11.8 Å². The average Bonchev–Trinajstić information content (AvgIpc) is 2.27. The number of nitrogens with one attached hydrogen (secondary N) is 1. The van der Waals surface area contributed by atoms with E-state index >= 15 is 0 Å². The molecule has 0 heterocycles. The third-order valence-electron chi connectivity index (χ3n) is 1.85. The molecule has 0 aliphatic rings. The summed E-state index contributed by atoms with van der Waals surface area (Å²) in [6.45, 7) is -0.281. The summed E-state index contributed by atoms with van der Waals surface area (Å²) in [5, 5.41) is 9.97. The number of nitrogens with zero attached hydrogens (tertiary/aromatic N) is 1. The number of hydrogen-bond acceptors (Lipinski definition) is 3. The largest absolute Gasteiger partial charge is 0.384 e. The summed E-state index contributed by atoms with van der Waals surface area (Å²) in [5.41, 5.74) is 2.84. The number of aliphatic hydroxyl groups excluding tert-OH is 1. The predicted molar refractivity (Wildman–Crippen MR) is 61.5 cm³/mol. The minimum atomic E-state index is -0.612. The van der Waals surface area contributed by atoms with Gasteiger partial charge in [-0.2, -0.15) is 0 Å². The number of hydrazine groups is 1. The molecule has 0 aliphatic heterocycles. The zero-order valence-corrected chi connectivity index (χ0v) is 9.62. The molecular formula is C12H13FN2O2. The van der Waals surface area contributed by atoms with E-state index in [1.54, 1.807) is 14.1 Å². The van der Waals surface area contributed by atoms with Gasteiger partial charge in [-0.3, -0.25) is 10.2 Å². The topological polar surface area (TPSA) is 52.6 Å². The summed E-state index contributed by atoms with van der Waals surface area (Å²) in [6.07, 6.45) is 0. The Labute approximate surface area is 99.0 Å². The van der Waals surface area contributed by atoms with E-state index in [2.05, 4.69) is 17.3 Å². The fourth-order valence-corrected chi connectivity index (χ4v) is 1.18. The van der Waals surface area contributed by atoms with Crippen molar-refractivity contribution in [3.05, 3.63) is 35.1 Å². The number of hydrogen-bond donors (Lipinski definition) is 2. The Kier molecular flexibility index (Phi) is 4.64. The van der Waals surface area contributed by atoms with Crippen LogP contribution in [0.15, 0.2) is 18.2 Å².